The minimum absolute atomic E-state index is 0.0894. The maximum atomic E-state index is 13.9. The Morgan fingerprint density at radius 2 is 1.77 bits per heavy atom. The van der Waals surface area contributed by atoms with Crippen molar-refractivity contribution in [3.05, 3.63) is 45.0 Å². The number of benzene rings is 1. The van der Waals surface area contributed by atoms with Crippen LogP contribution < -0.4 is 4.74 Å². The Labute approximate surface area is 210 Å². The second kappa shape index (κ2) is 7.86. The number of ketones is 2. The molecule has 1 aliphatic heterocycles. The molecular weight excluding hydrogens is 518 g/mol. The van der Waals surface area contributed by atoms with Crippen molar-refractivity contribution in [3.8, 4) is 11.5 Å². The SMILES string of the molecule is COc1cc([C@H]2C3=CC[C@@H]4C(=O)N(O)C(=O)[C@@H]4[C@@H]3C[C@H]3C(=O)C(C)=C(C)C(=O)[C@@]23C)cc(Br)c1O. The van der Waals surface area contributed by atoms with Gasteiger partial charge in [-0.1, -0.05) is 18.6 Å². The molecule has 0 unspecified atom stereocenters. The van der Waals surface area contributed by atoms with Gasteiger partial charge in [-0.3, -0.25) is 24.4 Å². The van der Waals surface area contributed by atoms with Gasteiger partial charge in [-0.25, -0.2) is 0 Å². The molecule has 1 aromatic rings. The third kappa shape index (κ3) is 3.00. The Balaban J connectivity index is 1.77. The fourth-order valence-corrected chi connectivity index (χ4v) is 7.32. The van der Waals surface area contributed by atoms with E-state index in [0.29, 0.717) is 21.2 Å². The molecule has 2 amide bonds. The summed E-state index contributed by atoms with van der Waals surface area (Å²) in [7, 11) is 1.42. The van der Waals surface area contributed by atoms with Gasteiger partial charge in [0.05, 0.1) is 28.8 Å². The number of amides is 2. The number of carbonyl (C=O) groups is 4. The highest BCUT2D eigenvalue weighted by Crippen LogP contribution is 2.63. The van der Waals surface area contributed by atoms with Gasteiger partial charge in [0, 0.05) is 11.8 Å². The molecule has 0 radical (unpaired) electrons. The summed E-state index contributed by atoms with van der Waals surface area (Å²) in [6, 6.07) is 3.36. The van der Waals surface area contributed by atoms with E-state index in [1.807, 2.05) is 6.08 Å². The van der Waals surface area contributed by atoms with Crippen LogP contribution in [0.3, 0.4) is 0 Å². The third-order valence-electron chi connectivity index (χ3n) is 8.75. The number of fused-ring (bicyclic) bond motifs is 4. The number of ether oxygens (including phenoxy) is 1. The molecule has 6 atom stereocenters. The number of methoxy groups -OCH3 is 1. The number of hydrogen-bond acceptors (Lipinski definition) is 7. The molecule has 3 aliphatic carbocycles. The molecule has 35 heavy (non-hydrogen) atoms. The van der Waals surface area contributed by atoms with E-state index in [9.17, 15) is 29.5 Å². The first-order chi connectivity index (χ1) is 16.4. The summed E-state index contributed by atoms with van der Waals surface area (Å²) >= 11 is 3.37. The number of carbonyl (C=O) groups excluding carboxylic acids is 4. The van der Waals surface area contributed by atoms with Crippen LogP contribution in [-0.4, -0.2) is 45.9 Å². The highest BCUT2D eigenvalue weighted by atomic mass is 79.9. The summed E-state index contributed by atoms with van der Waals surface area (Å²) in [5.41, 5.74) is 1.15. The Kier molecular flexibility index (Phi) is 5.38. The Morgan fingerprint density at radius 1 is 1.09 bits per heavy atom. The van der Waals surface area contributed by atoms with Crippen molar-refractivity contribution in [2.45, 2.75) is 39.5 Å². The van der Waals surface area contributed by atoms with Gasteiger partial charge >= 0.3 is 0 Å². The van der Waals surface area contributed by atoms with Crippen LogP contribution in [-0.2, 0) is 19.2 Å². The van der Waals surface area contributed by atoms with Crippen LogP contribution in [0.2, 0.25) is 0 Å². The largest absolute Gasteiger partial charge is 0.503 e. The highest BCUT2D eigenvalue weighted by molar-refractivity contribution is 9.10. The van der Waals surface area contributed by atoms with Gasteiger partial charge in [0.2, 0.25) is 0 Å². The number of aromatic hydroxyl groups is 1. The summed E-state index contributed by atoms with van der Waals surface area (Å²) in [5.74, 6) is -4.75. The number of Topliss-reactive ketones (excluding diaryl/α,β-unsaturated/α-hetero) is 2. The number of nitrogens with zero attached hydrogens (tertiary/aromatic N) is 1. The van der Waals surface area contributed by atoms with Crippen LogP contribution in [0.1, 0.15) is 45.1 Å². The highest BCUT2D eigenvalue weighted by Gasteiger charge is 2.64. The average Bonchev–Trinajstić information content (AvgIpc) is 3.06. The van der Waals surface area contributed by atoms with E-state index in [-0.39, 0.29) is 41.0 Å². The van der Waals surface area contributed by atoms with Crippen molar-refractivity contribution in [1.29, 1.82) is 0 Å². The van der Waals surface area contributed by atoms with Gasteiger partial charge in [-0.05, 0) is 77.4 Å². The first kappa shape index (κ1) is 23.9. The lowest BCUT2D eigenvalue weighted by Crippen LogP contribution is -2.55. The Bertz CT molecular complexity index is 1280. The second-order valence-electron chi connectivity index (χ2n) is 10.2. The molecule has 4 aliphatic rings. The zero-order chi connectivity index (χ0) is 25.6. The van der Waals surface area contributed by atoms with E-state index in [1.54, 1.807) is 32.9 Å². The smallest absolute Gasteiger partial charge is 0.257 e. The summed E-state index contributed by atoms with van der Waals surface area (Å²) in [6.45, 7) is 5.12. The maximum absolute atomic E-state index is 13.9. The molecule has 0 spiro atoms. The normalized spacial score (nSPS) is 34.5. The van der Waals surface area contributed by atoms with Crippen molar-refractivity contribution in [1.82, 2.24) is 5.06 Å². The summed E-state index contributed by atoms with van der Waals surface area (Å²) in [6.07, 6.45) is 2.38. The predicted octanol–water partition coefficient (Wildman–Crippen LogP) is 3.70. The molecule has 184 valence electrons. The van der Waals surface area contributed by atoms with E-state index >= 15 is 0 Å². The van der Waals surface area contributed by atoms with E-state index in [1.165, 1.54) is 7.11 Å². The van der Waals surface area contributed by atoms with Crippen LogP contribution in [0.15, 0.2) is 39.4 Å². The summed E-state index contributed by atoms with van der Waals surface area (Å²) in [4.78, 5) is 53.0. The first-order valence-electron chi connectivity index (χ1n) is 11.5. The molecule has 1 saturated heterocycles. The van der Waals surface area contributed by atoms with E-state index in [0.717, 1.165) is 5.57 Å². The lowest BCUT2D eigenvalue weighted by atomic mass is 9.46. The first-order valence-corrected chi connectivity index (χ1v) is 12.3. The van der Waals surface area contributed by atoms with Gasteiger partial charge in [0.15, 0.2) is 23.1 Å². The van der Waals surface area contributed by atoms with Gasteiger partial charge < -0.3 is 9.84 Å². The quantitative estimate of drug-likeness (QED) is 0.331. The van der Waals surface area contributed by atoms with Crippen LogP contribution in [0.5, 0.6) is 11.5 Å². The van der Waals surface area contributed by atoms with E-state index in [4.69, 9.17) is 4.74 Å². The Morgan fingerprint density at radius 3 is 2.43 bits per heavy atom. The number of halogens is 1. The van der Waals surface area contributed by atoms with E-state index < -0.39 is 46.8 Å². The van der Waals surface area contributed by atoms with E-state index in [2.05, 4.69) is 15.9 Å². The maximum Gasteiger partial charge on any atom is 0.257 e. The molecule has 9 heteroatoms. The fraction of sp³-hybridized carbons (Fsp3) is 0.462. The number of hydrogen-bond donors (Lipinski definition) is 2. The molecular formula is C26H26BrNO7. The summed E-state index contributed by atoms with van der Waals surface area (Å²) < 4.78 is 5.73. The zero-order valence-corrected chi connectivity index (χ0v) is 21.4. The minimum atomic E-state index is -1.14. The number of allylic oxidation sites excluding steroid dienone is 4. The van der Waals surface area contributed by atoms with Crippen molar-refractivity contribution >= 4 is 39.3 Å². The molecule has 1 saturated carbocycles. The monoisotopic (exact) mass is 543 g/mol. The molecule has 5 rings (SSSR count). The molecule has 0 aromatic heterocycles. The van der Waals surface area contributed by atoms with Gasteiger partial charge in [0.25, 0.3) is 11.8 Å². The van der Waals surface area contributed by atoms with Crippen molar-refractivity contribution < 1.29 is 34.2 Å². The van der Waals surface area contributed by atoms with Crippen molar-refractivity contribution in [2.24, 2.45) is 29.1 Å². The number of imide groups is 1. The number of hydroxylamine groups is 2. The number of phenolic OH excluding ortho intramolecular Hbond substituents is 1. The number of phenols is 1. The second-order valence-corrected chi connectivity index (χ2v) is 11.0. The third-order valence-corrected chi connectivity index (χ3v) is 9.36. The lowest BCUT2D eigenvalue weighted by Gasteiger charge is -2.54. The predicted molar refractivity (Wildman–Crippen MR) is 127 cm³/mol. The topological polar surface area (TPSA) is 121 Å². The molecule has 2 N–H and O–H groups in total. The molecule has 0 bridgehead atoms. The molecule has 8 nitrogen and oxygen atoms in total. The lowest BCUT2D eigenvalue weighted by molar-refractivity contribution is -0.173. The van der Waals surface area contributed by atoms with Crippen LogP contribution in [0, 0.1) is 29.1 Å². The van der Waals surface area contributed by atoms with Crippen molar-refractivity contribution in [2.75, 3.05) is 7.11 Å². The van der Waals surface area contributed by atoms with Crippen LogP contribution >= 0.6 is 15.9 Å². The van der Waals surface area contributed by atoms with Crippen LogP contribution in [0.4, 0.5) is 0 Å². The molecule has 1 heterocycles. The minimum Gasteiger partial charge on any atom is -0.503 e. The molecule has 2 fully saturated rings. The van der Waals surface area contributed by atoms with Gasteiger partial charge in [-0.15, -0.1) is 0 Å². The molecule has 1 aromatic carbocycles. The fourth-order valence-electron chi connectivity index (χ4n) is 6.86. The number of rotatable bonds is 2. The van der Waals surface area contributed by atoms with Gasteiger partial charge in [0.1, 0.15) is 0 Å². The average molecular weight is 544 g/mol. The Hall–Kier alpha value is -2.78. The standard InChI is InChI=1S/C26H26BrNO7/c1-10-11(2)23(31)26(3)16(21(10)29)9-15-13(5-6-14-19(15)25(33)28(34)24(14)32)20(26)12-7-17(27)22(30)18(8-12)35-4/h5,7-8,14-16,19-20,30,34H,6,9H2,1-4H3/t14-,15+,16-,19-,20-,26+/m0/s1. The summed E-state index contributed by atoms with van der Waals surface area (Å²) in [5, 5.41) is 20.7. The van der Waals surface area contributed by atoms with Crippen molar-refractivity contribution in [3.63, 3.8) is 0 Å². The van der Waals surface area contributed by atoms with Gasteiger partial charge in [-0.2, -0.15) is 5.06 Å². The van der Waals surface area contributed by atoms with Crippen LogP contribution in [0.25, 0.3) is 0 Å². The zero-order valence-electron chi connectivity index (χ0n) is 19.8.